The van der Waals surface area contributed by atoms with Crippen LogP contribution in [-0.4, -0.2) is 18.4 Å². The van der Waals surface area contributed by atoms with Gasteiger partial charge in [-0.05, 0) is 61.2 Å². The highest BCUT2D eigenvalue weighted by molar-refractivity contribution is 6.31. The van der Waals surface area contributed by atoms with Crippen molar-refractivity contribution in [3.05, 3.63) is 64.1 Å². The molecule has 1 saturated carbocycles. The van der Waals surface area contributed by atoms with Crippen molar-refractivity contribution in [2.75, 3.05) is 11.9 Å². The summed E-state index contributed by atoms with van der Waals surface area (Å²) in [5.74, 6) is -0.490. The first-order valence-corrected chi connectivity index (χ1v) is 8.85. The van der Waals surface area contributed by atoms with E-state index >= 15 is 0 Å². The Hall–Kier alpha value is -2.04. The average molecular weight is 377 g/mol. The van der Waals surface area contributed by atoms with Crippen molar-refractivity contribution in [1.82, 2.24) is 5.32 Å². The molecule has 1 aliphatic carbocycles. The molecule has 25 heavy (non-hydrogen) atoms. The molecular weight excluding hydrogens is 359 g/mol. The zero-order chi connectivity index (χ0) is 17.9. The topological polar surface area (TPSA) is 58.2 Å². The Morgan fingerprint density at radius 3 is 2.32 bits per heavy atom. The van der Waals surface area contributed by atoms with E-state index in [2.05, 4.69) is 10.6 Å². The molecule has 0 unspecified atom stereocenters. The molecular formula is C19H18Cl2N2O2. The van der Waals surface area contributed by atoms with Crippen LogP contribution >= 0.6 is 23.2 Å². The summed E-state index contributed by atoms with van der Waals surface area (Å²) in [6.07, 6.45) is 1.80. The molecule has 2 N–H and O–H groups in total. The van der Waals surface area contributed by atoms with Crippen molar-refractivity contribution in [1.29, 1.82) is 0 Å². The number of carbonyl (C=O) groups excluding carboxylic acids is 2. The lowest BCUT2D eigenvalue weighted by atomic mass is 10.0. The van der Waals surface area contributed by atoms with Gasteiger partial charge in [-0.15, -0.1) is 0 Å². The molecule has 0 aromatic heterocycles. The number of benzene rings is 2. The molecule has 3 rings (SSSR count). The van der Waals surface area contributed by atoms with Gasteiger partial charge >= 0.3 is 0 Å². The van der Waals surface area contributed by atoms with Crippen LogP contribution in [0.4, 0.5) is 5.69 Å². The summed E-state index contributed by atoms with van der Waals surface area (Å²) >= 11 is 11.8. The van der Waals surface area contributed by atoms with Crippen molar-refractivity contribution >= 4 is 40.7 Å². The van der Waals surface area contributed by atoms with Crippen LogP contribution in [0, 0.1) is 5.41 Å². The molecule has 2 aromatic carbocycles. The summed E-state index contributed by atoms with van der Waals surface area (Å²) in [4.78, 5) is 24.9. The lowest BCUT2D eigenvalue weighted by Crippen LogP contribution is -2.40. The standard InChI is InChI=1S/C19H18Cl2N2O2/c20-14-4-6-16(7-5-14)23-18(25)19(9-10-19)17(24)22-11-8-13-2-1-3-15(21)12-13/h1-7,12H,8-11H2,(H,22,24)(H,23,25). The van der Waals surface area contributed by atoms with Crippen molar-refractivity contribution < 1.29 is 9.59 Å². The minimum absolute atomic E-state index is 0.221. The minimum atomic E-state index is -0.950. The number of hydrogen-bond acceptors (Lipinski definition) is 2. The second-order valence-corrected chi connectivity index (χ2v) is 7.05. The molecule has 6 heteroatoms. The summed E-state index contributed by atoms with van der Waals surface area (Å²) in [7, 11) is 0. The van der Waals surface area contributed by atoms with Crippen LogP contribution in [0.2, 0.25) is 10.0 Å². The predicted octanol–water partition coefficient (Wildman–Crippen LogP) is 4.07. The fraction of sp³-hybridized carbons (Fsp3) is 0.263. The molecule has 0 aliphatic heterocycles. The van der Waals surface area contributed by atoms with Gasteiger partial charge < -0.3 is 10.6 Å². The molecule has 2 amide bonds. The van der Waals surface area contributed by atoms with E-state index in [0.29, 0.717) is 41.5 Å². The second kappa shape index (κ2) is 7.46. The minimum Gasteiger partial charge on any atom is -0.355 e. The summed E-state index contributed by atoms with van der Waals surface area (Å²) in [6.45, 7) is 0.467. The normalized spacial score (nSPS) is 14.6. The maximum absolute atomic E-state index is 12.5. The molecule has 1 aliphatic rings. The van der Waals surface area contributed by atoms with Gasteiger partial charge in [0.2, 0.25) is 11.8 Å². The number of amides is 2. The zero-order valence-electron chi connectivity index (χ0n) is 13.5. The first-order chi connectivity index (χ1) is 12.0. The van der Waals surface area contributed by atoms with E-state index in [9.17, 15) is 9.59 Å². The summed E-state index contributed by atoms with van der Waals surface area (Å²) in [5, 5.41) is 6.92. The van der Waals surface area contributed by atoms with Crippen LogP contribution in [0.3, 0.4) is 0 Å². The quantitative estimate of drug-likeness (QED) is 0.746. The van der Waals surface area contributed by atoms with Gasteiger partial charge in [0.05, 0.1) is 0 Å². The predicted molar refractivity (Wildman–Crippen MR) is 99.9 cm³/mol. The highest BCUT2D eigenvalue weighted by atomic mass is 35.5. The Morgan fingerprint density at radius 1 is 0.960 bits per heavy atom. The summed E-state index contributed by atoms with van der Waals surface area (Å²) in [6, 6.07) is 14.3. The van der Waals surface area contributed by atoms with E-state index in [4.69, 9.17) is 23.2 Å². The maximum atomic E-state index is 12.5. The van der Waals surface area contributed by atoms with E-state index in [0.717, 1.165) is 5.56 Å². The lowest BCUT2D eigenvalue weighted by Gasteiger charge is -2.15. The van der Waals surface area contributed by atoms with Gasteiger partial charge in [0.15, 0.2) is 0 Å². The monoisotopic (exact) mass is 376 g/mol. The van der Waals surface area contributed by atoms with E-state index in [1.54, 1.807) is 24.3 Å². The first kappa shape index (κ1) is 17.8. The van der Waals surface area contributed by atoms with E-state index in [-0.39, 0.29) is 11.8 Å². The first-order valence-electron chi connectivity index (χ1n) is 8.09. The third kappa shape index (κ3) is 4.33. The van der Waals surface area contributed by atoms with Crippen LogP contribution < -0.4 is 10.6 Å². The molecule has 2 aromatic rings. The van der Waals surface area contributed by atoms with Crippen LogP contribution in [0.25, 0.3) is 0 Å². The van der Waals surface area contributed by atoms with Gasteiger partial charge in [0.25, 0.3) is 0 Å². The van der Waals surface area contributed by atoms with Crippen molar-refractivity contribution in [2.45, 2.75) is 19.3 Å². The Kier molecular flexibility index (Phi) is 5.30. The number of nitrogens with one attached hydrogen (secondary N) is 2. The van der Waals surface area contributed by atoms with E-state index < -0.39 is 5.41 Å². The SMILES string of the molecule is O=C(NCCc1cccc(Cl)c1)C1(C(=O)Nc2ccc(Cl)cc2)CC1. The number of hydrogen-bond donors (Lipinski definition) is 2. The van der Waals surface area contributed by atoms with E-state index in [1.807, 2.05) is 24.3 Å². The number of anilines is 1. The van der Waals surface area contributed by atoms with E-state index in [1.165, 1.54) is 0 Å². The van der Waals surface area contributed by atoms with Gasteiger partial charge in [-0.3, -0.25) is 9.59 Å². The molecule has 1 fully saturated rings. The van der Waals surface area contributed by atoms with Gasteiger partial charge in [-0.25, -0.2) is 0 Å². The molecule has 0 heterocycles. The Balaban J connectivity index is 1.53. The molecule has 0 bridgehead atoms. The van der Waals surface area contributed by atoms with Gasteiger partial charge in [0.1, 0.15) is 5.41 Å². The Morgan fingerprint density at radius 2 is 1.68 bits per heavy atom. The summed E-state index contributed by atoms with van der Waals surface area (Å²) < 4.78 is 0. The maximum Gasteiger partial charge on any atom is 0.240 e. The third-order valence-corrected chi connectivity index (χ3v) is 4.80. The molecule has 0 spiro atoms. The molecule has 0 atom stereocenters. The van der Waals surface area contributed by atoms with Crippen LogP contribution in [0.15, 0.2) is 48.5 Å². The van der Waals surface area contributed by atoms with Gasteiger partial charge in [0, 0.05) is 22.3 Å². The smallest absolute Gasteiger partial charge is 0.240 e. The largest absolute Gasteiger partial charge is 0.355 e. The van der Waals surface area contributed by atoms with Gasteiger partial charge in [-0.2, -0.15) is 0 Å². The van der Waals surface area contributed by atoms with Gasteiger partial charge in [-0.1, -0.05) is 35.3 Å². The molecule has 0 radical (unpaired) electrons. The highest BCUT2D eigenvalue weighted by Gasteiger charge is 2.56. The summed E-state index contributed by atoms with van der Waals surface area (Å²) in [5.41, 5.74) is 0.726. The van der Waals surface area contributed by atoms with Crippen LogP contribution in [0.5, 0.6) is 0 Å². The van der Waals surface area contributed by atoms with Crippen molar-refractivity contribution in [3.8, 4) is 0 Å². The van der Waals surface area contributed by atoms with Crippen LogP contribution in [-0.2, 0) is 16.0 Å². The molecule has 0 saturated heterocycles. The number of carbonyl (C=O) groups is 2. The zero-order valence-corrected chi connectivity index (χ0v) is 15.0. The van der Waals surface area contributed by atoms with Crippen LogP contribution in [0.1, 0.15) is 18.4 Å². The van der Waals surface area contributed by atoms with Crippen molar-refractivity contribution in [2.24, 2.45) is 5.41 Å². The molecule has 130 valence electrons. The lowest BCUT2D eigenvalue weighted by molar-refractivity contribution is -0.134. The highest BCUT2D eigenvalue weighted by Crippen LogP contribution is 2.46. The fourth-order valence-electron chi connectivity index (χ4n) is 2.65. The molecule has 4 nitrogen and oxygen atoms in total. The average Bonchev–Trinajstić information content (AvgIpc) is 3.39. The third-order valence-electron chi connectivity index (χ3n) is 4.31. The Labute approximate surface area is 156 Å². The fourth-order valence-corrected chi connectivity index (χ4v) is 2.99. The number of halogens is 2. The number of rotatable bonds is 6. The van der Waals surface area contributed by atoms with Crippen molar-refractivity contribution in [3.63, 3.8) is 0 Å². The Bertz CT molecular complexity index is 786. The second-order valence-electron chi connectivity index (χ2n) is 6.18.